The second kappa shape index (κ2) is 7.14. The van der Waals surface area contributed by atoms with Crippen molar-refractivity contribution in [1.29, 1.82) is 0 Å². The Morgan fingerprint density at radius 1 is 1.45 bits per heavy atom. The van der Waals surface area contributed by atoms with E-state index in [1.165, 1.54) is 6.21 Å². The van der Waals surface area contributed by atoms with Gasteiger partial charge in [0.05, 0.1) is 11.8 Å². The number of ether oxygens (including phenoxy) is 1. The molecule has 1 aromatic heterocycles. The molecule has 2 rings (SSSR count). The van der Waals surface area contributed by atoms with Crippen LogP contribution in [-0.2, 0) is 0 Å². The van der Waals surface area contributed by atoms with Gasteiger partial charge in [-0.2, -0.15) is 5.10 Å². The van der Waals surface area contributed by atoms with E-state index >= 15 is 0 Å². The van der Waals surface area contributed by atoms with Crippen LogP contribution in [-0.4, -0.2) is 18.7 Å². The number of nitrogens with zero attached hydrogens (tertiary/aromatic N) is 1. The first-order valence-electron chi connectivity index (χ1n) is 6.67. The lowest BCUT2D eigenvalue weighted by molar-refractivity contribution is 0.0953. The molecule has 5 nitrogen and oxygen atoms in total. The molecule has 1 heterocycles. The molecular formula is C17H16N2O3. The number of carbonyl (C=O) groups excluding carboxylic acids is 1. The largest absolute Gasteiger partial charge is 0.480 e. The van der Waals surface area contributed by atoms with Crippen LogP contribution in [0.15, 0.2) is 39.9 Å². The molecule has 0 atom stereocenters. The number of benzene rings is 1. The number of aryl methyl sites for hydroxylation is 2. The molecule has 0 saturated carbocycles. The van der Waals surface area contributed by atoms with Gasteiger partial charge < -0.3 is 9.15 Å². The first kappa shape index (κ1) is 15.4. The van der Waals surface area contributed by atoms with Crippen LogP contribution in [0.2, 0.25) is 0 Å². The van der Waals surface area contributed by atoms with E-state index in [9.17, 15) is 4.79 Å². The van der Waals surface area contributed by atoms with Crippen molar-refractivity contribution in [2.75, 3.05) is 6.61 Å². The normalized spacial score (nSPS) is 10.4. The molecule has 112 valence electrons. The maximum absolute atomic E-state index is 12.0. The minimum absolute atomic E-state index is 0.171. The Morgan fingerprint density at radius 3 is 2.91 bits per heavy atom. The van der Waals surface area contributed by atoms with Crippen LogP contribution in [0.5, 0.6) is 5.75 Å². The Bertz CT molecular complexity index is 739. The minimum atomic E-state index is -0.326. The third-order valence-corrected chi connectivity index (χ3v) is 2.89. The molecule has 0 fully saturated rings. The van der Waals surface area contributed by atoms with Crippen LogP contribution in [0.25, 0.3) is 0 Å². The summed E-state index contributed by atoms with van der Waals surface area (Å²) < 4.78 is 10.7. The van der Waals surface area contributed by atoms with Crippen LogP contribution in [0.3, 0.4) is 0 Å². The zero-order valence-electron chi connectivity index (χ0n) is 12.4. The minimum Gasteiger partial charge on any atom is -0.480 e. The summed E-state index contributed by atoms with van der Waals surface area (Å²) in [4.78, 5) is 12.0. The number of furan rings is 1. The van der Waals surface area contributed by atoms with Crippen molar-refractivity contribution in [2.45, 2.75) is 13.8 Å². The molecule has 1 aromatic carbocycles. The average Bonchev–Trinajstić information content (AvgIpc) is 2.85. The number of hydrazone groups is 1. The number of carbonyl (C=O) groups is 1. The third-order valence-electron chi connectivity index (χ3n) is 2.89. The highest BCUT2D eigenvalue weighted by Crippen LogP contribution is 2.16. The topological polar surface area (TPSA) is 63.8 Å². The molecule has 0 aliphatic rings. The van der Waals surface area contributed by atoms with Crippen molar-refractivity contribution >= 4 is 12.1 Å². The van der Waals surface area contributed by atoms with Gasteiger partial charge in [0.2, 0.25) is 0 Å². The summed E-state index contributed by atoms with van der Waals surface area (Å²) >= 11 is 0. The fraction of sp³-hybridized carbons (Fsp3) is 0.176. The summed E-state index contributed by atoms with van der Waals surface area (Å²) in [5, 5.41) is 3.94. The fourth-order valence-corrected chi connectivity index (χ4v) is 1.91. The molecule has 22 heavy (non-hydrogen) atoms. The molecule has 0 bridgehead atoms. The molecule has 0 spiro atoms. The molecule has 0 saturated heterocycles. The Balaban J connectivity index is 2.05. The van der Waals surface area contributed by atoms with Crippen molar-refractivity contribution in [3.63, 3.8) is 0 Å². The average molecular weight is 296 g/mol. The first-order valence-corrected chi connectivity index (χ1v) is 6.67. The lowest BCUT2D eigenvalue weighted by Gasteiger charge is -2.05. The monoisotopic (exact) mass is 296 g/mol. The van der Waals surface area contributed by atoms with E-state index in [4.69, 9.17) is 15.6 Å². The Hall–Kier alpha value is -3.00. The van der Waals surface area contributed by atoms with Gasteiger partial charge >= 0.3 is 0 Å². The van der Waals surface area contributed by atoms with Gasteiger partial charge in [0.15, 0.2) is 0 Å². The van der Waals surface area contributed by atoms with Crippen LogP contribution < -0.4 is 10.2 Å². The van der Waals surface area contributed by atoms with Crippen molar-refractivity contribution in [3.05, 3.63) is 53.0 Å². The van der Waals surface area contributed by atoms with E-state index in [0.717, 1.165) is 5.56 Å². The number of hydrogen-bond donors (Lipinski definition) is 1. The summed E-state index contributed by atoms with van der Waals surface area (Å²) in [6.07, 6.45) is 6.68. The highest BCUT2D eigenvalue weighted by molar-refractivity contribution is 5.96. The van der Waals surface area contributed by atoms with Crippen LogP contribution in [0, 0.1) is 26.2 Å². The van der Waals surface area contributed by atoms with Gasteiger partial charge in [0.1, 0.15) is 23.9 Å². The van der Waals surface area contributed by atoms with Crippen LogP contribution in [0.4, 0.5) is 0 Å². The van der Waals surface area contributed by atoms with Gasteiger partial charge in [-0.3, -0.25) is 4.79 Å². The van der Waals surface area contributed by atoms with Gasteiger partial charge in [0, 0.05) is 5.56 Å². The van der Waals surface area contributed by atoms with E-state index < -0.39 is 0 Å². The maximum atomic E-state index is 12.0. The SMILES string of the molecule is C#CCOc1ccccc1/C=N\NC(=O)c1cc(C)oc1C. The van der Waals surface area contributed by atoms with Crippen molar-refractivity contribution in [3.8, 4) is 18.1 Å². The molecular weight excluding hydrogens is 280 g/mol. The number of terminal acetylenes is 1. The second-order valence-electron chi connectivity index (χ2n) is 4.56. The Kier molecular flexibility index (Phi) is 4.99. The predicted octanol–water partition coefficient (Wildman–Crippen LogP) is 2.67. The van der Waals surface area contributed by atoms with E-state index in [2.05, 4.69) is 16.4 Å². The van der Waals surface area contributed by atoms with E-state index in [1.54, 1.807) is 26.0 Å². The summed E-state index contributed by atoms with van der Waals surface area (Å²) in [5.74, 6) is 3.92. The van der Waals surface area contributed by atoms with Gasteiger partial charge in [-0.15, -0.1) is 6.42 Å². The van der Waals surface area contributed by atoms with Crippen molar-refractivity contribution in [1.82, 2.24) is 5.43 Å². The maximum Gasteiger partial charge on any atom is 0.274 e. The summed E-state index contributed by atoms with van der Waals surface area (Å²) in [6, 6.07) is 8.94. The number of rotatable bonds is 5. The van der Waals surface area contributed by atoms with Crippen molar-refractivity contribution in [2.24, 2.45) is 5.10 Å². The summed E-state index contributed by atoms with van der Waals surface area (Å²) in [6.45, 7) is 3.69. The molecule has 2 aromatic rings. The van der Waals surface area contributed by atoms with Crippen LogP contribution in [0.1, 0.15) is 27.4 Å². The standard InChI is InChI=1S/C17H16N2O3/c1-4-9-21-16-8-6-5-7-14(16)11-18-19-17(20)15-10-12(2)22-13(15)3/h1,5-8,10-11H,9H2,2-3H3,(H,19,20)/b18-11-. The number of para-hydroxylation sites is 1. The molecule has 1 N–H and O–H groups in total. The molecule has 1 amide bonds. The lowest BCUT2D eigenvalue weighted by Crippen LogP contribution is -2.17. The van der Waals surface area contributed by atoms with Gasteiger partial charge in [-0.05, 0) is 32.0 Å². The molecule has 0 radical (unpaired) electrons. The molecule has 0 unspecified atom stereocenters. The summed E-state index contributed by atoms with van der Waals surface area (Å²) in [7, 11) is 0. The zero-order chi connectivity index (χ0) is 15.9. The predicted molar refractivity (Wildman–Crippen MR) is 84.0 cm³/mol. The quantitative estimate of drug-likeness (QED) is 0.524. The van der Waals surface area contributed by atoms with Gasteiger partial charge in [-0.25, -0.2) is 5.43 Å². The third kappa shape index (κ3) is 3.76. The van der Waals surface area contributed by atoms with Gasteiger partial charge in [0.25, 0.3) is 5.91 Å². The number of nitrogens with one attached hydrogen (secondary N) is 1. The molecule has 0 aliphatic heterocycles. The van der Waals surface area contributed by atoms with E-state index in [1.807, 2.05) is 18.2 Å². The molecule has 5 heteroatoms. The summed E-state index contributed by atoms with van der Waals surface area (Å²) in [5.41, 5.74) is 3.64. The Labute approximate surface area is 129 Å². The van der Waals surface area contributed by atoms with E-state index in [0.29, 0.717) is 22.8 Å². The highest BCUT2D eigenvalue weighted by atomic mass is 16.5. The zero-order valence-corrected chi connectivity index (χ0v) is 12.4. The van der Waals surface area contributed by atoms with Crippen molar-refractivity contribution < 1.29 is 13.9 Å². The highest BCUT2D eigenvalue weighted by Gasteiger charge is 2.12. The first-order chi connectivity index (χ1) is 10.6. The lowest BCUT2D eigenvalue weighted by atomic mass is 10.2. The second-order valence-corrected chi connectivity index (χ2v) is 4.56. The Morgan fingerprint density at radius 2 is 2.23 bits per heavy atom. The number of amides is 1. The fourth-order valence-electron chi connectivity index (χ4n) is 1.91. The van der Waals surface area contributed by atoms with E-state index in [-0.39, 0.29) is 12.5 Å². The smallest absolute Gasteiger partial charge is 0.274 e. The van der Waals surface area contributed by atoms with Gasteiger partial charge in [-0.1, -0.05) is 18.1 Å². The molecule has 0 aliphatic carbocycles. The van der Waals surface area contributed by atoms with Crippen LogP contribution >= 0.6 is 0 Å². The number of hydrogen-bond acceptors (Lipinski definition) is 4.